The van der Waals surface area contributed by atoms with Crippen molar-refractivity contribution in [2.24, 2.45) is 7.05 Å². The summed E-state index contributed by atoms with van der Waals surface area (Å²) in [5, 5.41) is 5.62. The number of nitrogens with zero attached hydrogens (tertiary/aromatic N) is 2. The van der Waals surface area contributed by atoms with Gasteiger partial charge in [0, 0.05) is 29.9 Å². The number of aryl methyl sites for hydroxylation is 2. The van der Waals surface area contributed by atoms with Crippen molar-refractivity contribution in [2.45, 2.75) is 13.5 Å². The minimum absolute atomic E-state index is 0.0352. The third-order valence-corrected chi connectivity index (χ3v) is 4.26. The molecule has 0 atom stereocenters. The second-order valence-electron chi connectivity index (χ2n) is 5.33. The number of thiazole rings is 1. The van der Waals surface area contributed by atoms with Crippen LogP contribution in [-0.2, 0) is 7.05 Å². The van der Waals surface area contributed by atoms with E-state index in [9.17, 15) is 13.6 Å². The van der Waals surface area contributed by atoms with Crippen LogP contribution in [0.5, 0.6) is 5.75 Å². The van der Waals surface area contributed by atoms with Gasteiger partial charge < -0.3 is 14.6 Å². The van der Waals surface area contributed by atoms with Gasteiger partial charge in [0.15, 0.2) is 0 Å². The number of aromatic nitrogens is 2. The molecular weight excluding hydrogens is 348 g/mol. The fourth-order valence-electron chi connectivity index (χ4n) is 2.34. The molecule has 2 heterocycles. The number of carbonyl (C=O) groups is 1. The molecule has 1 aromatic carbocycles. The van der Waals surface area contributed by atoms with Gasteiger partial charge in [0.1, 0.15) is 11.4 Å². The standard InChI is InChI=1S/C17H15F2N3O2S/c1-10-20-14(9-25-10)11-7-15(22(2)8-11)16(23)21-12-3-5-13(6-4-12)24-17(18)19/h3-9,17H,1-2H3,(H,21,23). The van der Waals surface area contributed by atoms with Crippen molar-refractivity contribution < 1.29 is 18.3 Å². The van der Waals surface area contributed by atoms with E-state index in [1.54, 1.807) is 29.0 Å². The zero-order valence-electron chi connectivity index (χ0n) is 13.5. The van der Waals surface area contributed by atoms with Gasteiger partial charge in [0.05, 0.1) is 10.7 Å². The van der Waals surface area contributed by atoms with Crippen molar-refractivity contribution >= 4 is 22.9 Å². The number of hydrogen-bond donors (Lipinski definition) is 1. The Bertz CT molecular complexity index is 888. The summed E-state index contributed by atoms with van der Waals surface area (Å²) in [4.78, 5) is 16.9. The van der Waals surface area contributed by atoms with Crippen LogP contribution in [0.3, 0.4) is 0 Å². The van der Waals surface area contributed by atoms with Crippen molar-refractivity contribution in [1.29, 1.82) is 0 Å². The molecule has 0 saturated carbocycles. The maximum atomic E-state index is 12.4. The fraction of sp³-hybridized carbons (Fsp3) is 0.176. The van der Waals surface area contributed by atoms with Gasteiger partial charge in [-0.25, -0.2) is 4.98 Å². The molecule has 0 unspecified atom stereocenters. The van der Waals surface area contributed by atoms with Gasteiger partial charge in [-0.15, -0.1) is 11.3 Å². The topological polar surface area (TPSA) is 56.1 Å². The average molecular weight is 363 g/mol. The average Bonchev–Trinajstić information content (AvgIpc) is 3.14. The van der Waals surface area contributed by atoms with Crippen molar-refractivity contribution in [3.05, 3.63) is 52.6 Å². The van der Waals surface area contributed by atoms with Crippen LogP contribution in [0.25, 0.3) is 11.3 Å². The highest BCUT2D eigenvalue weighted by Crippen LogP contribution is 2.24. The monoisotopic (exact) mass is 363 g/mol. The van der Waals surface area contributed by atoms with E-state index in [0.29, 0.717) is 11.4 Å². The number of benzene rings is 1. The number of alkyl halides is 2. The van der Waals surface area contributed by atoms with E-state index in [0.717, 1.165) is 16.3 Å². The largest absolute Gasteiger partial charge is 0.435 e. The molecule has 130 valence electrons. The lowest BCUT2D eigenvalue weighted by Crippen LogP contribution is -2.15. The normalized spacial score (nSPS) is 10.9. The van der Waals surface area contributed by atoms with Gasteiger partial charge in [-0.1, -0.05) is 0 Å². The number of ether oxygens (including phenoxy) is 1. The number of rotatable bonds is 5. The van der Waals surface area contributed by atoms with Crippen LogP contribution >= 0.6 is 11.3 Å². The summed E-state index contributed by atoms with van der Waals surface area (Å²) in [5.41, 5.74) is 2.63. The number of amides is 1. The van der Waals surface area contributed by atoms with Crippen LogP contribution in [0.15, 0.2) is 41.9 Å². The molecule has 0 aliphatic heterocycles. The third kappa shape index (κ3) is 4.03. The van der Waals surface area contributed by atoms with E-state index in [1.807, 2.05) is 18.5 Å². The van der Waals surface area contributed by atoms with Crippen LogP contribution in [-0.4, -0.2) is 22.1 Å². The van der Waals surface area contributed by atoms with Crippen LogP contribution in [0.1, 0.15) is 15.5 Å². The maximum Gasteiger partial charge on any atom is 0.387 e. The molecule has 0 spiro atoms. The Labute approximate surface area is 146 Å². The second-order valence-corrected chi connectivity index (χ2v) is 6.40. The molecule has 0 aliphatic carbocycles. The Kier molecular flexibility index (Phi) is 4.80. The molecule has 1 amide bonds. The Balaban J connectivity index is 1.74. The van der Waals surface area contributed by atoms with Gasteiger partial charge >= 0.3 is 6.61 Å². The Morgan fingerprint density at radius 2 is 2.04 bits per heavy atom. The molecule has 0 saturated heterocycles. The first-order valence-corrected chi connectivity index (χ1v) is 8.25. The minimum atomic E-state index is -2.88. The summed E-state index contributed by atoms with van der Waals surface area (Å²) in [6.07, 6.45) is 1.84. The highest BCUT2D eigenvalue weighted by molar-refractivity contribution is 7.09. The molecular formula is C17H15F2N3O2S. The fourth-order valence-corrected chi connectivity index (χ4v) is 2.96. The molecule has 0 fully saturated rings. The summed E-state index contributed by atoms with van der Waals surface area (Å²) >= 11 is 1.54. The zero-order valence-corrected chi connectivity index (χ0v) is 14.3. The van der Waals surface area contributed by atoms with Gasteiger partial charge in [-0.2, -0.15) is 8.78 Å². The third-order valence-electron chi connectivity index (χ3n) is 3.49. The quantitative estimate of drug-likeness (QED) is 0.735. The van der Waals surface area contributed by atoms with Crippen molar-refractivity contribution in [3.63, 3.8) is 0 Å². The van der Waals surface area contributed by atoms with Gasteiger partial charge in [-0.05, 0) is 37.3 Å². The van der Waals surface area contributed by atoms with Crippen LogP contribution < -0.4 is 10.1 Å². The highest BCUT2D eigenvalue weighted by Gasteiger charge is 2.14. The van der Waals surface area contributed by atoms with Gasteiger partial charge in [0.25, 0.3) is 5.91 Å². The van der Waals surface area contributed by atoms with E-state index in [-0.39, 0.29) is 11.7 Å². The van der Waals surface area contributed by atoms with Crippen LogP contribution in [0.2, 0.25) is 0 Å². The SMILES string of the molecule is Cc1nc(-c2cc(C(=O)Nc3ccc(OC(F)F)cc3)n(C)c2)cs1. The van der Waals surface area contributed by atoms with E-state index in [2.05, 4.69) is 15.0 Å². The lowest BCUT2D eigenvalue weighted by Gasteiger charge is -2.08. The van der Waals surface area contributed by atoms with E-state index >= 15 is 0 Å². The Hall–Kier alpha value is -2.74. The summed E-state index contributed by atoms with van der Waals surface area (Å²) in [6.45, 7) is -0.955. The van der Waals surface area contributed by atoms with Crippen molar-refractivity contribution in [1.82, 2.24) is 9.55 Å². The molecule has 25 heavy (non-hydrogen) atoms. The molecule has 1 N–H and O–H groups in total. The summed E-state index contributed by atoms with van der Waals surface area (Å²) in [6, 6.07) is 7.51. The Morgan fingerprint density at radius 1 is 1.32 bits per heavy atom. The predicted molar refractivity (Wildman–Crippen MR) is 92.3 cm³/mol. The van der Waals surface area contributed by atoms with Crippen molar-refractivity contribution in [3.8, 4) is 17.0 Å². The number of anilines is 1. The summed E-state index contributed by atoms with van der Waals surface area (Å²) in [5.74, 6) is -0.267. The predicted octanol–water partition coefficient (Wildman–Crippen LogP) is 4.31. The zero-order chi connectivity index (χ0) is 18.0. The second kappa shape index (κ2) is 7.02. The molecule has 2 aromatic heterocycles. The smallest absolute Gasteiger partial charge is 0.387 e. The molecule has 0 bridgehead atoms. The minimum Gasteiger partial charge on any atom is -0.435 e. The molecule has 3 aromatic rings. The first-order valence-electron chi connectivity index (χ1n) is 7.37. The van der Waals surface area contributed by atoms with Gasteiger partial charge in [-0.3, -0.25) is 4.79 Å². The summed E-state index contributed by atoms with van der Waals surface area (Å²) in [7, 11) is 1.78. The van der Waals surface area contributed by atoms with Crippen LogP contribution in [0.4, 0.5) is 14.5 Å². The molecule has 5 nitrogen and oxygen atoms in total. The molecule has 0 radical (unpaired) electrons. The number of hydrogen-bond acceptors (Lipinski definition) is 4. The summed E-state index contributed by atoms with van der Waals surface area (Å²) < 4.78 is 30.3. The highest BCUT2D eigenvalue weighted by atomic mass is 32.1. The molecule has 8 heteroatoms. The van der Waals surface area contributed by atoms with E-state index < -0.39 is 6.61 Å². The number of halogens is 2. The number of carbonyl (C=O) groups excluding carboxylic acids is 1. The van der Waals surface area contributed by atoms with Crippen molar-refractivity contribution in [2.75, 3.05) is 5.32 Å². The lowest BCUT2D eigenvalue weighted by atomic mass is 10.2. The first-order chi connectivity index (χ1) is 11.9. The van der Waals surface area contributed by atoms with Crippen LogP contribution in [0, 0.1) is 6.92 Å². The van der Waals surface area contributed by atoms with E-state index in [4.69, 9.17) is 0 Å². The first kappa shape index (κ1) is 17.1. The van der Waals surface area contributed by atoms with E-state index in [1.165, 1.54) is 24.3 Å². The molecule has 0 aliphatic rings. The number of nitrogens with one attached hydrogen (secondary N) is 1. The molecule has 3 rings (SSSR count). The Morgan fingerprint density at radius 3 is 2.64 bits per heavy atom. The lowest BCUT2D eigenvalue weighted by molar-refractivity contribution is -0.0498. The maximum absolute atomic E-state index is 12.4. The van der Waals surface area contributed by atoms with Gasteiger partial charge in [0.2, 0.25) is 0 Å².